The molecular formula is C21H23N3O6S. The number of carbonyl (C=O) groups excluding carboxylic acids is 3. The Morgan fingerprint density at radius 3 is 2.26 bits per heavy atom. The van der Waals surface area contributed by atoms with Crippen molar-refractivity contribution in [3.8, 4) is 0 Å². The molecule has 0 fully saturated rings. The second-order valence-electron chi connectivity index (χ2n) is 6.13. The first-order valence-corrected chi connectivity index (χ1v) is 10.3. The van der Waals surface area contributed by atoms with Crippen molar-refractivity contribution in [3.63, 3.8) is 0 Å². The summed E-state index contributed by atoms with van der Waals surface area (Å²) in [5.74, 6) is -2.34. The lowest BCUT2D eigenvalue weighted by Crippen LogP contribution is -2.14. The fourth-order valence-corrected chi connectivity index (χ4v) is 3.50. The maximum atomic E-state index is 12.5. The Bertz CT molecular complexity index is 1020. The molecule has 10 heteroatoms. The number of aliphatic hydroxyl groups excluding tert-OH is 1. The van der Waals surface area contributed by atoms with E-state index in [0.717, 1.165) is 11.3 Å². The number of esters is 2. The highest BCUT2D eigenvalue weighted by atomic mass is 32.1. The Hall–Kier alpha value is -3.53. The van der Waals surface area contributed by atoms with Crippen LogP contribution in [-0.4, -0.2) is 36.2 Å². The first-order chi connectivity index (χ1) is 14.8. The van der Waals surface area contributed by atoms with Crippen LogP contribution in [0.3, 0.4) is 0 Å². The van der Waals surface area contributed by atoms with Crippen LogP contribution in [0.2, 0.25) is 0 Å². The fraction of sp³-hybridized carbons (Fsp3) is 0.286. The van der Waals surface area contributed by atoms with Gasteiger partial charge in [-0.15, -0.1) is 21.6 Å². The molecule has 0 unspecified atom stereocenters. The summed E-state index contributed by atoms with van der Waals surface area (Å²) in [5.41, 5.74) is 0.556. The molecule has 0 aliphatic heterocycles. The van der Waals surface area contributed by atoms with E-state index >= 15 is 0 Å². The molecule has 0 saturated carbocycles. The zero-order valence-electron chi connectivity index (χ0n) is 17.6. The van der Waals surface area contributed by atoms with E-state index in [-0.39, 0.29) is 40.1 Å². The van der Waals surface area contributed by atoms with Crippen LogP contribution in [0.5, 0.6) is 0 Å². The summed E-state index contributed by atoms with van der Waals surface area (Å²) >= 11 is 0.886. The second kappa shape index (κ2) is 11.0. The number of amides is 1. The standard InChI is InChI=1S/C21H23N3O6S/c1-5-29-20(27)15-12(3)17(21(28)30-6-2)31-19(15)24-23-16(13(4)25)18(26)22-14-10-8-7-9-11-14/h7-11,25H,5-6H2,1-4H3,(H,22,26). The lowest BCUT2D eigenvalue weighted by molar-refractivity contribution is -0.113. The zero-order valence-corrected chi connectivity index (χ0v) is 18.4. The number of anilines is 1. The highest BCUT2D eigenvalue weighted by Gasteiger charge is 2.27. The molecule has 1 aromatic carbocycles. The maximum Gasteiger partial charge on any atom is 0.348 e. The molecule has 0 aliphatic rings. The Labute approximate surface area is 183 Å². The van der Waals surface area contributed by atoms with E-state index in [1.54, 1.807) is 51.1 Å². The number of aliphatic hydroxyl groups is 1. The molecule has 1 amide bonds. The summed E-state index contributed by atoms with van der Waals surface area (Å²) in [6, 6.07) is 8.62. The molecule has 2 rings (SSSR count). The Balaban J connectivity index is 2.42. The summed E-state index contributed by atoms with van der Waals surface area (Å²) in [7, 11) is 0. The maximum absolute atomic E-state index is 12.5. The molecule has 0 radical (unpaired) electrons. The van der Waals surface area contributed by atoms with E-state index in [0.29, 0.717) is 11.3 Å². The average Bonchev–Trinajstić information content (AvgIpc) is 3.05. The molecule has 0 saturated heterocycles. The molecule has 31 heavy (non-hydrogen) atoms. The largest absolute Gasteiger partial charge is 0.510 e. The zero-order chi connectivity index (χ0) is 23.0. The Kier molecular flexibility index (Phi) is 8.44. The smallest absolute Gasteiger partial charge is 0.348 e. The minimum absolute atomic E-state index is 0.0528. The third-order valence-electron chi connectivity index (χ3n) is 3.90. The van der Waals surface area contributed by atoms with Crippen molar-refractivity contribution in [1.29, 1.82) is 0 Å². The lowest BCUT2D eigenvalue weighted by atomic mass is 10.1. The van der Waals surface area contributed by atoms with E-state index in [1.165, 1.54) is 6.92 Å². The SMILES string of the molecule is CCOC(=O)c1sc(N=NC(C(=O)Nc2ccccc2)=C(C)O)c(C(=O)OCC)c1C. The number of nitrogens with zero attached hydrogens (tertiary/aromatic N) is 2. The van der Waals surface area contributed by atoms with Gasteiger partial charge in [-0.25, -0.2) is 9.59 Å². The molecule has 1 heterocycles. The fourth-order valence-electron chi connectivity index (χ4n) is 2.49. The van der Waals surface area contributed by atoms with Crippen LogP contribution in [-0.2, 0) is 14.3 Å². The number of hydrogen-bond donors (Lipinski definition) is 2. The molecule has 2 aromatic rings. The van der Waals surface area contributed by atoms with Gasteiger partial charge >= 0.3 is 11.9 Å². The molecule has 0 aliphatic carbocycles. The number of allylic oxidation sites excluding steroid dienone is 1. The van der Waals surface area contributed by atoms with E-state index in [9.17, 15) is 19.5 Å². The van der Waals surface area contributed by atoms with Crippen LogP contribution in [0.4, 0.5) is 10.7 Å². The summed E-state index contributed by atoms with van der Waals surface area (Å²) in [4.78, 5) is 37.3. The van der Waals surface area contributed by atoms with Gasteiger partial charge in [0.1, 0.15) is 16.2 Å². The van der Waals surface area contributed by atoms with Gasteiger partial charge in [-0.2, -0.15) is 0 Å². The molecule has 0 bridgehead atoms. The summed E-state index contributed by atoms with van der Waals surface area (Å²) in [5, 5.41) is 20.4. The van der Waals surface area contributed by atoms with E-state index < -0.39 is 17.8 Å². The topological polar surface area (TPSA) is 127 Å². The highest BCUT2D eigenvalue weighted by molar-refractivity contribution is 7.18. The van der Waals surface area contributed by atoms with Gasteiger partial charge in [0.25, 0.3) is 5.91 Å². The molecule has 1 aromatic heterocycles. The predicted octanol–water partition coefficient (Wildman–Crippen LogP) is 4.92. The summed E-state index contributed by atoms with van der Waals surface area (Å²) < 4.78 is 10.1. The van der Waals surface area contributed by atoms with Crippen molar-refractivity contribution in [2.45, 2.75) is 27.7 Å². The number of ether oxygens (including phenoxy) is 2. The first kappa shape index (κ1) is 23.7. The molecule has 164 valence electrons. The second-order valence-corrected chi connectivity index (χ2v) is 7.13. The van der Waals surface area contributed by atoms with Gasteiger partial charge in [0.15, 0.2) is 10.7 Å². The van der Waals surface area contributed by atoms with Crippen molar-refractivity contribution >= 4 is 39.9 Å². The van der Waals surface area contributed by atoms with Crippen LogP contribution in [0.1, 0.15) is 46.4 Å². The van der Waals surface area contributed by atoms with Crippen LogP contribution in [0.15, 0.2) is 52.0 Å². The number of thiophene rings is 1. The highest BCUT2D eigenvalue weighted by Crippen LogP contribution is 2.37. The van der Waals surface area contributed by atoms with Gasteiger partial charge in [-0.1, -0.05) is 18.2 Å². The number of nitrogens with one attached hydrogen (secondary N) is 1. The third-order valence-corrected chi connectivity index (χ3v) is 5.05. The molecule has 9 nitrogen and oxygen atoms in total. The van der Waals surface area contributed by atoms with Crippen LogP contribution < -0.4 is 5.32 Å². The van der Waals surface area contributed by atoms with Gasteiger partial charge in [-0.3, -0.25) is 4.79 Å². The quantitative estimate of drug-likeness (QED) is 0.257. The normalized spacial score (nSPS) is 11.7. The minimum Gasteiger partial charge on any atom is -0.510 e. The number of benzene rings is 1. The van der Waals surface area contributed by atoms with Gasteiger partial charge in [-0.05, 0) is 45.4 Å². The van der Waals surface area contributed by atoms with Crippen molar-refractivity contribution in [1.82, 2.24) is 0 Å². The van der Waals surface area contributed by atoms with Crippen molar-refractivity contribution in [2.75, 3.05) is 18.5 Å². The van der Waals surface area contributed by atoms with Crippen LogP contribution >= 0.6 is 11.3 Å². The number of azo groups is 1. The number of rotatable bonds is 8. The molecule has 0 atom stereocenters. The number of carbonyl (C=O) groups is 3. The molecular weight excluding hydrogens is 422 g/mol. The van der Waals surface area contributed by atoms with Crippen molar-refractivity contribution in [2.24, 2.45) is 10.2 Å². The number of para-hydroxylation sites is 1. The van der Waals surface area contributed by atoms with Crippen molar-refractivity contribution < 1.29 is 29.0 Å². The first-order valence-electron chi connectivity index (χ1n) is 9.45. The number of hydrogen-bond acceptors (Lipinski definition) is 9. The summed E-state index contributed by atoms with van der Waals surface area (Å²) in [6.45, 7) is 6.47. The minimum atomic E-state index is -0.688. The Morgan fingerprint density at radius 1 is 1.06 bits per heavy atom. The Morgan fingerprint density at radius 2 is 1.68 bits per heavy atom. The van der Waals surface area contributed by atoms with E-state index in [2.05, 4.69) is 15.5 Å². The lowest BCUT2D eigenvalue weighted by Gasteiger charge is -2.05. The van der Waals surface area contributed by atoms with Gasteiger partial charge in [0, 0.05) is 5.69 Å². The average molecular weight is 445 g/mol. The van der Waals surface area contributed by atoms with E-state index in [1.807, 2.05) is 0 Å². The van der Waals surface area contributed by atoms with Gasteiger partial charge < -0.3 is 19.9 Å². The van der Waals surface area contributed by atoms with Gasteiger partial charge in [0.05, 0.1) is 13.2 Å². The van der Waals surface area contributed by atoms with Crippen molar-refractivity contribution in [3.05, 3.63) is 57.8 Å². The predicted molar refractivity (Wildman–Crippen MR) is 116 cm³/mol. The third kappa shape index (κ3) is 5.98. The van der Waals surface area contributed by atoms with Crippen LogP contribution in [0.25, 0.3) is 0 Å². The summed E-state index contributed by atoms with van der Waals surface area (Å²) in [6.07, 6.45) is 0. The van der Waals surface area contributed by atoms with E-state index in [4.69, 9.17) is 9.47 Å². The molecule has 2 N–H and O–H groups in total. The molecule has 0 spiro atoms. The van der Waals surface area contributed by atoms with Gasteiger partial charge in [0.2, 0.25) is 0 Å². The monoisotopic (exact) mass is 445 g/mol. The van der Waals surface area contributed by atoms with Crippen LogP contribution in [0, 0.1) is 6.92 Å².